The van der Waals surface area contributed by atoms with Crippen molar-refractivity contribution in [1.82, 2.24) is 4.98 Å². The smallest absolute Gasteiger partial charge is 0.399 e. The van der Waals surface area contributed by atoms with Crippen LogP contribution in [0.3, 0.4) is 0 Å². The van der Waals surface area contributed by atoms with Gasteiger partial charge < -0.3 is 5.73 Å². The number of hydrogen-bond acceptors (Lipinski definition) is 2. The average molecular weight is 212 g/mol. The van der Waals surface area contributed by atoms with Gasteiger partial charge in [-0.25, -0.2) is 0 Å². The van der Waals surface area contributed by atoms with Gasteiger partial charge in [0.1, 0.15) is 0 Å². The van der Waals surface area contributed by atoms with Crippen LogP contribution in [0, 0.1) is 0 Å². The monoisotopic (exact) mass is 212 g/mol. The lowest BCUT2D eigenvalue weighted by Gasteiger charge is -2.09. The number of rotatable bonds is 0. The number of alkyl halides is 3. The Bertz CT molecular complexity index is 505. The molecule has 0 saturated heterocycles. The van der Waals surface area contributed by atoms with Gasteiger partial charge in [0, 0.05) is 17.3 Å². The second-order valence-electron chi connectivity index (χ2n) is 3.14. The highest BCUT2D eigenvalue weighted by Gasteiger charge is 2.34. The molecule has 15 heavy (non-hydrogen) atoms. The molecule has 2 rings (SSSR count). The molecule has 1 aromatic carbocycles. The maximum Gasteiger partial charge on any atom is 0.433 e. The van der Waals surface area contributed by atoms with Crippen molar-refractivity contribution in [3.05, 3.63) is 36.2 Å². The highest BCUT2D eigenvalue weighted by Crippen LogP contribution is 2.33. The minimum atomic E-state index is -4.45. The number of benzene rings is 1. The SMILES string of the molecule is Nc1ccc2ccnc(C(F)(F)F)c2c1. The number of nitrogen functional groups attached to an aromatic ring is 1. The van der Waals surface area contributed by atoms with Gasteiger partial charge in [0.15, 0.2) is 5.69 Å². The Labute approximate surface area is 83.5 Å². The van der Waals surface area contributed by atoms with Gasteiger partial charge in [0.2, 0.25) is 0 Å². The van der Waals surface area contributed by atoms with Crippen LogP contribution in [0.5, 0.6) is 0 Å². The van der Waals surface area contributed by atoms with Crippen molar-refractivity contribution in [2.45, 2.75) is 6.18 Å². The number of fused-ring (bicyclic) bond motifs is 1. The Hall–Kier alpha value is -1.78. The Morgan fingerprint density at radius 3 is 2.53 bits per heavy atom. The summed E-state index contributed by atoms with van der Waals surface area (Å²) in [5.41, 5.74) is 4.84. The fraction of sp³-hybridized carbons (Fsp3) is 0.100. The number of aromatic nitrogens is 1. The number of halogens is 3. The molecule has 0 saturated carbocycles. The molecule has 1 aromatic heterocycles. The van der Waals surface area contributed by atoms with Crippen molar-refractivity contribution in [2.75, 3.05) is 5.73 Å². The van der Waals surface area contributed by atoms with Gasteiger partial charge >= 0.3 is 6.18 Å². The summed E-state index contributed by atoms with van der Waals surface area (Å²) in [5, 5.41) is 0.511. The minimum Gasteiger partial charge on any atom is -0.399 e. The molecule has 2 nitrogen and oxygen atoms in total. The quantitative estimate of drug-likeness (QED) is 0.682. The van der Waals surface area contributed by atoms with Crippen LogP contribution in [-0.4, -0.2) is 4.98 Å². The zero-order valence-corrected chi connectivity index (χ0v) is 7.55. The molecule has 0 aliphatic heterocycles. The molecule has 0 bridgehead atoms. The van der Waals surface area contributed by atoms with Crippen molar-refractivity contribution in [3.8, 4) is 0 Å². The number of nitrogens with two attached hydrogens (primary N) is 1. The Morgan fingerprint density at radius 2 is 1.87 bits per heavy atom. The van der Waals surface area contributed by atoms with Crippen LogP contribution < -0.4 is 5.73 Å². The topological polar surface area (TPSA) is 38.9 Å². The van der Waals surface area contributed by atoms with E-state index >= 15 is 0 Å². The predicted octanol–water partition coefficient (Wildman–Crippen LogP) is 2.84. The summed E-state index contributed by atoms with van der Waals surface area (Å²) in [4.78, 5) is 3.34. The molecule has 1 heterocycles. The lowest BCUT2D eigenvalue weighted by Crippen LogP contribution is -2.08. The Morgan fingerprint density at radius 1 is 1.13 bits per heavy atom. The molecule has 0 aliphatic carbocycles. The second kappa shape index (κ2) is 3.12. The Balaban J connectivity index is 2.80. The fourth-order valence-electron chi connectivity index (χ4n) is 1.41. The van der Waals surface area contributed by atoms with Crippen molar-refractivity contribution in [3.63, 3.8) is 0 Å². The molecule has 0 spiro atoms. The molecule has 0 fully saturated rings. The van der Waals surface area contributed by atoms with Gasteiger partial charge in [-0.1, -0.05) is 6.07 Å². The Kier molecular flexibility index (Phi) is 2.03. The van der Waals surface area contributed by atoms with Gasteiger partial charge in [-0.05, 0) is 23.6 Å². The van der Waals surface area contributed by atoms with E-state index in [9.17, 15) is 13.2 Å². The van der Waals surface area contributed by atoms with E-state index in [-0.39, 0.29) is 5.39 Å². The first-order valence-corrected chi connectivity index (χ1v) is 4.20. The van der Waals surface area contributed by atoms with Crippen LogP contribution in [0.25, 0.3) is 10.8 Å². The summed E-state index contributed by atoms with van der Waals surface area (Å²) in [6, 6.07) is 5.90. The largest absolute Gasteiger partial charge is 0.433 e. The predicted molar refractivity (Wildman–Crippen MR) is 51.2 cm³/mol. The van der Waals surface area contributed by atoms with E-state index in [0.717, 1.165) is 6.20 Å². The van der Waals surface area contributed by atoms with E-state index in [1.165, 1.54) is 12.1 Å². The number of hydrogen-bond donors (Lipinski definition) is 1. The van der Waals surface area contributed by atoms with Crippen LogP contribution in [0.4, 0.5) is 18.9 Å². The van der Waals surface area contributed by atoms with Crippen LogP contribution >= 0.6 is 0 Å². The van der Waals surface area contributed by atoms with Crippen LogP contribution in [0.15, 0.2) is 30.5 Å². The summed E-state index contributed by atoms with van der Waals surface area (Å²) in [6.45, 7) is 0. The van der Waals surface area contributed by atoms with Gasteiger partial charge in [-0.3, -0.25) is 4.98 Å². The standard InChI is InChI=1S/C10H7F3N2/c11-10(12,13)9-8-5-7(14)2-1-6(8)3-4-15-9/h1-5H,14H2. The zero-order chi connectivity index (χ0) is 11.1. The fourth-order valence-corrected chi connectivity index (χ4v) is 1.41. The van der Waals surface area contributed by atoms with Crippen LogP contribution in [0.2, 0.25) is 0 Å². The molecule has 0 amide bonds. The lowest BCUT2D eigenvalue weighted by molar-refractivity contribution is -0.139. The van der Waals surface area contributed by atoms with Gasteiger partial charge in [-0.15, -0.1) is 0 Å². The van der Waals surface area contributed by atoms with Crippen molar-refractivity contribution in [2.24, 2.45) is 0 Å². The van der Waals surface area contributed by atoms with Crippen molar-refractivity contribution >= 4 is 16.5 Å². The van der Waals surface area contributed by atoms with Crippen LogP contribution in [-0.2, 0) is 6.18 Å². The molecule has 78 valence electrons. The van der Waals surface area contributed by atoms with Gasteiger partial charge in [-0.2, -0.15) is 13.2 Å². The molecular formula is C10H7F3N2. The summed E-state index contributed by atoms with van der Waals surface area (Å²) in [6.07, 6.45) is -3.31. The molecule has 2 aromatic rings. The number of pyridine rings is 1. The van der Waals surface area contributed by atoms with E-state index in [0.29, 0.717) is 11.1 Å². The molecule has 2 N–H and O–H groups in total. The molecular weight excluding hydrogens is 205 g/mol. The minimum absolute atomic E-state index is 0.0324. The lowest BCUT2D eigenvalue weighted by atomic mass is 10.1. The number of anilines is 1. The molecule has 0 unspecified atom stereocenters. The van der Waals surface area contributed by atoms with Gasteiger partial charge in [0.25, 0.3) is 0 Å². The van der Waals surface area contributed by atoms with Crippen molar-refractivity contribution < 1.29 is 13.2 Å². The van der Waals surface area contributed by atoms with Crippen LogP contribution in [0.1, 0.15) is 5.69 Å². The zero-order valence-electron chi connectivity index (χ0n) is 7.55. The summed E-state index contributed by atoms with van der Waals surface area (Å²) < 4.78 is 37.6. The highest BCUT2D eigenvalue weighted by molar-refractivity contribution is 5.87. The third kappa shape index (κ3) is 1.72. The summed E-state index contributed by atoms with van der Waals surface area (Å²) in [7, 11) is 0. The first kappa shape index (κ1) is 9.76. The van der Waals surface area contributed by atoms with E-state index in [1.54, 1.807) is 12.1 Å². The summed E-state index contributed by atoms with van der Waals surface area (Å²) >= 11 is 0. The molecule has 0 atom stereocenters. The molecule has 5 heteroatoms. The third-order valence-corrected chi connectivity index (χ3v) is 2.06. The summed E-state index contributed by atoms with van der Waals surface area (Å²) in [5.74, 6) is 0. The number of nitrogens with zero attached hydrogens (tertiary/aromatic N) is 1. The normalized spacial score (nSPS) is 11.9. The van der Waals surface area contributed by atoms with Gasteiger partial charge in [0.05, 0.1) is 0 Å². The highest BCUT2D eigenvalue weighted by atomic mass is 19.4. The molecule has 0 aliphatic rings. The first-order valence-electron chi connectivity index (χ1n) is 4.20. The maximum absolute atomic E-state index is 12.5. The second-order valence-corrected chi connectivity index (χ2v) is 3.14. The van der Waals surface area contributed by atoms with E-state index in [4.69, 9.17) is 5.73 Å². The average Bonchev–Trinajstić information content (AvgIpc) is 2.15. The van der Waals surface area contributed by atoms with Crippen molar-refractivity contribution in [1.29, 1.82) is 0 Å². The first-order chi connectivity index (χ1) is 6.98. The van der Waals surface area contributed by atoms with E-state index in [1.807, 2.05) is 0 Å². The van der Waals surface area contributed by atoms with E-state index in [2.05, 4.69) is 4.98 Å². The van der Waals surface area contributed by atoms with E-state index < -0.39 is 11.9 Å². The molecule has 0 radical (unpaired) electrons. The third-order valence-electron chi connectivity index (χ3n) is 2.06. The maximum atomic E-state index is 12.5.